The fraction of sp³-hybridized carbons (Fsp3) is 0.300. The van der Waals surface area contributed by atoms with Gasteiger partial charge in [0.1, 0.15) is 5.39 Å². The summed E-state index contributed by atoms with van der Waals surface area (Å²) in [5.41, 5.74) is 1.91. The molecule has 148 valence electrons. The number of aliphatic hydroxyl groups is 1. The summed E-state index contributed by atoms with van der Waals surface area (Å²) in [5.74, 6) is 1.44. The molecule has 3 rings (SSSR count). The fourth-order valence-corrected chi connectivity index (χ4v) is 3.11. The van der Waals surface area contributed by atoms with Crippen molar-refractivity contribution in [2.75, 3.05) is 33.3 Å². The number of aliphatic hydroxyl groups excluding tert-OH is 1. The zero-order valence-corrected chi connectivity index (χ0v) is 16.3. The van der Waals surface area contributed by atoms with E-state index < -0.39 is 0 Å². The molecule has 0 radical (unpaired) electrons. The summed E-state index contributed by atoms with van der Waals surface area (Å²) < 4.78 is 16.1. The zero-order chi connectivity index (χ0) is 20.3. The highest BCUT2D eigenvalue weighted by Gasteiger charge is 2.20. The Labute approximate surface area is 162 Å². The highest BCUT2D eigenvalue weighted by atomic mass is 16.5. The van der Waals surface area contributed by atoms with Crippen molar-refractivity contribution in [1.82, 2.24) is 9.97 Å². The average molecular weight is 385 g/mol. The fourth-order valence-electron chi connectivity index (χ4n) is 3.11. The molecular formula is C20H23N3O5. The van der Waals surface area contributed by atoms with E-state index in [1.807, 2.05) is 36.2 Å². The minimum absolute atomic E-state index is 0.0238. The van der Waals surface area contributed by atoms with Crippen LogP contribution < -0.4 is 24.7 Å². The third kappa shape index (κ3) is 3.59. The lowest BCUT2D eigenvalue weighted by Crippen LogP contribution is -2.23. The van der Waals surface area contributed by atoms with E-state index in [1.165, 1.54) is 21.3 Å². The van der Waals surface area contributed by atoms with Gasteiger partial charge in [-0.3, -0.25) is 9.78 Å². The summed E-state index contributed by atoms with van der Waals surface area (Å²) in [6, 6.07) is 9.24. The highest BCUT2D eigenvalue weighted by Crippen LogP contribution is 2.41. The molecule has 8 heteroatoms. The van der Waals surface area contributed by atoms with Gasteiger partial charge in [-0.25, -0.2) is 4.98 Å². The third-order valence-corrected chi connectivity index (χ3v) is 4.44. The molecule has 0 spiro atoms. The van der Waals surface area contributed by atoms with E-state index in [4.69, 9.17) is 14.2 Å². The van der Waals surface area contributed by atoms with Gasteiger partial charge in [0.25, 0.3) is 5.56 Å². The summed E-state index contributed by atoms with van der Waals surface area (Å²) in [6.07, 6.45) is 0. The lowest BCUT2D eigenvalue weighted by atomic mass is 10.1. The van der Waals surface area contributed by atoms with Gasteiger partial charge in [-0.05, 0) is 11.1 Å². The molecule has 0 saturated heterocycles. The predicted molar refractivity (Wildman–Crippen MR) is 106 cm³/mol. The van der Waals surface area contributed by atoms with Crippen molar-refractivity contribution in [2.24, 2.45) is 0 Å². The van der Waals surface area contributed by atoms with E-state index in [-0.39, 0.29) is 17.9 Å². The molecule has 0 aliphatic heterocycles. The first kappa shape index (κ1) is 19.5. The molecule has 28 heavy (non-hydrogen) atoms. The predicted octanol–water partition coefficient (Wildman–Crippen LogP) is 2.08. The largest absolute Gasteiger partial charge is 0.493 e. The van der Waals surface area contributed by atoms with Crippen molar-refractivity contribution >= 4 is 16.9 Å². The lowest BCUT2D eigenvalue weighted by molar-refractivity contribution is 0.281. The zero-order valence-electron chi connectivity index (χ0n) is 16.3. The topological polar surface area (TPSA) is 96.9 Å². The average Bonchev–Trinajstić information content (AvgIpc) is 2.71. The molecule has 0 saturated carbocycles. The van der Waals surface area contributed by atoms with Crippen LogP contribution in [0.5, 0.6) is 17.2 Å². The molecule has 0 atom stereocenters. The molecule has 0 amide bonds. The first-order chi connectivity index (χ1) is 13.5. The number of anilines is 1. The molecule has 1 heterocycles. The lowest BCUT2D eigenvalue weighted by Gasteiger charge is -2.19. The second-order valence-electron chi connectivity index (χ2n) is 6.26. The Bertz CT molecular complexity index is 1050. The number of aromatic amines is 1. The van der Waals surface area contributed by atoms with Crippen LogP contribution in [0.3, 0.4) is 0 Å². The number of nitrogens with one attached hydrogen (secondary N) is 1. The molecule has 2 aromatic carbocycles. The van der Waals surface area contributed by atoms with Crippen LogP contribution in [0.1, 0.15) is 11.1 Å². The molecule has 0 unspecified atom stereocenters. The van der Waals surface area contributed by atoms with Crippen LogP contribution in [0.2, 0.25) is 0 Å². The molecule has 0 fully saturated rings. The smallest absolute Gasteiger partial charge is 0.264 e. The van der Waals surface area contributed by atoms with Gasteiger partial charge in [0, 0.05) is 19.7 Å². The monoisotopic (exact) mass is 385 g/mol. The van der Waals surface area contributed by atoms with Gasteiger partial charge in [0.2, 0.25) is 11.7 Å². The van der Waals surface area contributed by atoms with E-state index >= 15 is 0 Å². The number of benzene rings is 2. The third-order valence-electron chi connectivity index (χ3n) is 4.44. The van der Waals surface area contributed by atoms with Crippen molar-refractivity contribution < 1.29 is 19.3 Å². The minimum Gasteiger partial charge on any atom is -0.493 e. The van der Waals surface area contributed by atoms with Gasteiger partial charge in [-0.15, -0.1) is 0 Å². The standard InChI is InChI=1S/C20H23N3O5/c1-23(10-12-6-5-7-13(8-12)11-24)20-21-14-9-15(26-2)17(27-3)18(28-4)16(14)19(25)22-20/h5-9,24H,10-11H2,1-4H3,(H,21,22,25). The van der Waals surface area contributed by atoms with Crippen LogP contribution in [0.25, 0.3) is 10.9 Å². The first-order valence-electron chi connectivity index (χ1n) is 8.65. The van der Waals surface area contributed by atoms with Crippen molar-refractivity contribution in [3.8, 4) is 17.2 Å². The van der Waals surface area contributed by atoms with Crippen molar-refractivity contribution in [3.05, 3.63) is 51.8 Å². The number of rotatable bonds is 7. The molecule has 0 aliphatic carbocycles. The van der Waals surface area contributed by atoms with Crippen LogP contribution in [0.15, 0.2) is 35.1 Å². The summed E-state index contributed by atoms with van der Waals surface area (Å²) in [4.78, 5) is 22.0. The number of H-pyrrole nitrogens is 1. The van der Waals surface area contributed by atoms with Gasteiger partial charge < -0.3 is 24.2 Å². The van der Waals surface area contributed by atoms with Gasteiger partial charge in [0.15, 0.2) is 11.5 Å². The summed E-state index contributed by atoms with van der Waals surface area (Å²) in [6.45, 7) is 0.483. The Morgan fingerprint density at radius 2 is 1.79 bits per heavy atom. The molecular weight excluding hydrogens is 362 g/mol. The Morgan fingerprint density at radius 3 is 2.43 bits per heavy atom. The Kier molecular flexibility index (Phi) is 5.70. The highest BCUT2D eigenvalue weighted by molar-refractivity contribution is 5.90. The molecule has 0 bridgehead atoms. The summed E-state index contributed by atoms with van der Waals surface area (Å²) >= 11 is 0. The number of ether oxygens (including phenoxy) is 3. The Morgan fingerprint density at radius 1 is 1.07 bits per heavy atom. The second kappa shape index (κ2) is 8.18. The van der Waals surface area contributed by atoms with E-state index in [0.29, 0.717) is 34.9 Å². The SMILES string of the molecule is COc1cc2nc(N(C)Cc3cccc(CO)c3)[nH]c(=O)c2c(OC)c1OC. The maximum absolute atomic E-state index is 12.8. The number of fused-ring (bicyclic) bond motifs is 1. The number of hydrogen-bond acceptors (Lipinski definition) is 7. The van der Waals surface area contributed by atoms with E-state index in [2.05, 4.69) is 9.97 Å². The van der Waals surface area contributed by atoms with Crippen LogP contribution in [0.4, 0.5) is 5.95 Å². The maximum atomic E-state index is 12.8. The Hall–Kier alpha value is -3.26. The summed E-state index contributed by atoms with van der Waals surface area (Å²) in [7, 11) is 6.28. The molecule has 0 aliphatic rings. The van der Waals surface area contributed by atoms with Crippen molar-refractivity contribution in [3.63, 3.8) is 0 Å². The van der Waals surface area contributed by atoms with Crippen LogP contribution >= 0.6 is 0 Å². The number of aromatic nitrogens is 2. The van der Waals surface area contributed by atoms with Gasteiger partial charge >= 0.3 is 0 Å². The van der Waals surface area contributed by atoms with Crippen molar-refractivity contribution in [2.45, 2.75) is 13.2 Å². The minimum atomic E-state index is -0.339. The van der Waals surface area contributed by atoms with Gasteiger partial charge in [-0.1, -0.05) is 24.3 Å². The van der Waals surface area contributed by atoms with E-state index in [9.17, 15) is 9.90 Å². The second-order valence-corrected chi connectivity index (χ2v) is 6.26. The molecule has 1 aromatic heterocycles. The van der Waals surface area contributed by atoms with E-state index in [0.717, 1.165) is 11.1 Å². The Balaban J connectivity index is 2.06. The molecule has 3 aromatic rings. The van der Waals surface area contributed by atoms with Crippen LogP contribution in [-0.4, -0.2) is 43.5 Å². The number of methoxy groups -OCH3 is 3. The maximum Gasteiger partial charge on any atom is 0.264 e. The van der Waals surface area contributed by atoms with E-state index in [1.54, 1.807) is 6.07 Å². The first-order valence-corrected chi connectivity index (χ1v) is 8.65. The van der Waals surface area contributed by atoms with Crippen molar-refractivity contribution in [1.29, 1.82) is 0 Å². The van der Waals surface area contributed by atoms with Crippen LogP contribution in [0, 0.1) is 0 Å². The quantitative estimate of drug-likeness (QED) is 0.643. The van der Waals surface area contributed by atoms with Gasteiger partial charge in [-0.2, -0.15) is 0 Å². The number of nitrogens with zero attached hydrogens (tertiary/aromatic N) is 2. The van der Waals surface area contributed by atoms with Crippen LogP contribution in [-0.2, 0) is 13.2 Å². The summed E-state index contributed by atoms with van der Waals surface area (Å²) in [5, 5.41) is 9.59. The normalized spacial score (nSPS) is 10.8. The number of hydrogen-bond donors (Lipinski definition) is 2. The molecule has 8 nitrogen and oxygen atoms in total. The molecule has 2 N–H and O–H groups in total. The van der Waals surface area contributed by atoms with Gasteiger partial charge in [0.05, 0.1) is 33.5 Å².